The van der Waals surface area contributed by atoms with Crippen LogP contribution in [0.4, 0.5) is 0 Å². The summed E-state index contributed by atoms with van der Waals surface area (Å²) in [6, 6.07) is 18.1. The number of ketones is 1. The van der Waals surface area contributed by atoms with Gasteiger partial charge in [0.05, 0.1) is 0 Å². The number of benzene rings is 2. The van der Waals surface area contributed by atoms with Crippen LogP contribution in [0, 0.1) is 5.92 Å². The Morgan fingerprint density at radius 1 is 1.05 bits per heavy atom. The summed E-state index contributed by atoms with van der Waals surface area (Å²) in [5.41, 5.74) is 3.32. The van der Waals surface area contributed by atoms with Gasteiger partial charge in [0.1, 0.15) is 0 Å². The van der Waals surface area contributed by atoms with Crippen LogP contribution in [-0.2, 0) is 6.42 Å². The molecule has 0 heterocycles. The van der Waals surface area contributed by atoms with Crippen LogP contribution in [0.25, 0.3) is 0 Å². The molecule has 0 spiro atoms. The van der Waals surface area contributed by atoms with Gasteiger partial charge in [-0.3, -0.25) is 4.79 Å². The fourth-order valence-corrected chi connectivity index (χ4v) is 2.58. The first-order valence-electron chi connectivity index (χ1n) is 6.91. The van der Waals surface area contributed by atoms with Crippen molar-refractivity contribution in [3.63, 3.8) is 0 Å². The zero-order valence-electron chi connectivity index (χ0n) is 11.2. The highest BCUT2D eigenvalue weighted by Crippen LogP contribution is 2.46. The molecule has 0 aliphatic heterocycles. The minimum Gasteiger partial charge on any atom is -0.294 e. The number of Topliss-reactive ketones (excluding diaryl/α,β-unsaturated/α-hetero) is 1. The Balaban J connectivity index is 1.68. The zero-order valence-corrected chi connectivity index (χ0v) is 11.2. The van der Waals surface area contributed by atoms with E-state index >= 15 is 0 Å². The first-order valence-corrected chi connectivity index (χ1v) is 6.91. The molecule has 2 aromatic rings. The van der Waals surface area contributed by atoms with E-state index in [9.17, 15) is 4.79 Å². The third kappa shape index (κ3) is 2.76. The number of rotatable bonds is 4. The van der Waals surface area contributed by atoms with E-state index in [1.165, 1.54) is 12.0 Å². The highest BCUT2D eigenvalue weighted by Gasteiger charge is 2.33. The Labute approximate surface area is 114 Å². The van der Waals surface area contributed by atoms with Gasteiger partial charge in [0.2, 0.25) is 0 Å². The zero-order chi connectivity index (χ0) is 13.2. The fourth-order valence-electron chi connectivity index (χ4n) is 2.58. The molecule has 2 aromatic carbocycles. The maximum Gasteiger partial charge on any atom is 0.167 e. The highest BCUT2D eigenvalue weighted by molar-refractivity contribution is 5.97. The molecule has 0 aromatic heterocycles. The number of hydrogen-bond donors (Lipinski definition) is 0. The molecule has 1 saturated carbocycles. The second-order valence-corrected chi connectivity index (χ2v) is 5.53. The first kappa shape index (κ1) is 12.2. The van der Waals surface area contributed by atoms with E-state index in [4.69, 9.17) is 0 Å². The Hall–Kier alpha value is -1.89. The summed E-state index contributed by atoms with van der Waals surface area (Å²) in [6.45, 7) is 2.29. The molecule has 1 aliphatic carbocycles. The molecule has 1 fully saturated rings. The van der Waals surface area contributed by atoms with E-state index in [1.54, 1.807) is 0 Å². The van der Waals surface area contributed by atoms with E-state index in [-0.39, 0.29) is 5.78 Å². The summed E-state index contributed by atoms with van der Waals surface area (Å²) in [4.78, 5) is 12.1. The van der Waals surface area contributed by atoms with Gasteiger partial charge in [-0.25, -0.2) is 0 Å². The fraction of sp³-hybridized carbons (Fsp3) is 0.278. The molecule has 19 heavy (non-hydrogen) atoms. The smallest absolute Gasteiger partial charge is 0.167 e. The standard InChI is InChI=1S/C18H18O/c1-13-11-17(13)15-9-7-14(8-10-15)12-18(19)16-5-3-2-4-6-16/h2-10,13,17H,11-12H2,1H3. The molecule has 0 saturated heterocycles. The van der Waals surface area contributed by atoms with Gasteiger partial charge < -0.3 is 0 Å². The summed E-state index contributed by atoms with van der Waals surface area (Å²) in [7, 11) is 0. The average molecular weight is 250 g/mol. The van der Waals surface area contributed by atoms with Crippen molar-refractivity contribution in [2.45, 2.75) is 25.7 Å². The topological polar surface area (TPSA) is 17.1 Å². The largest absolute Gasteiger partial charge is 0.294 e. The van der Waals surface area contributed by atoms with Crippen molar-refractivity contribution in [1.29, 1.82) is 0 Å². The lowest BCUT2D eigenvalue weighted by Crippen LogP contribution is -2.03. The van der Waals surface area contributed by atoms with Gasteiger partial charge in [-0.2, -0.15) is 0 Å². The van der Waals surface area contributed by atoms with Crippen LogP contribution < -0.4 is 0 Å². The van der Waals surface area contributed by atoms with Gasteiger partial charge in [0, 0.05) is 12.0 Å². The third-order valence-electron chi connectivity index (χ3n) is 3.98. The van der Waals surface area contributed by atoms with Crippen molar-refractivity contribution >= 4 is 5.78 Å². The van der Waals surface area contributed by atoms with Gasteiger partial charge in [-0.15, -0.1) is 0 Å². The molecule has 3 rings (SSSR count). The number of carbonyl (C=O) groups excluding carboxylic acids is 1. The number of carbonyl (C=O) groups is 1. The van der Waals surface area contributed by atoms with Crippen LogP contribution in [0.15, 0.2) is 54.6 Å². The molecule has 0 bridgehead atoms. The molecule has 96 valence electrons. The van der Waals surface area contributed by atoms with Gasteiger partial charge in [-0.05, 0) is 29.4 Å². The predicted molar refractivity (Wildman–Crippen MR) is 77.4 cm³/mol. The van der Waals surface area contributed by atoms with Crippen LogP contribution in [0.5, 0.6) is 0 Å². The van der Waals surface area contributed by atoms with Crippen molar-refractivity contribution in [3.8, 4) is 0 Å². The SMILES string of the molecule is CC1CC1c1ccc(CC(=O)c2ccccc2)cc1. The van der Waals surface area contributed by atoms with Crippen LogP contribution in [-0.4, -0.2) is 5.78 Å². The molecule has 0 amide bonds. The molecule has 1 aliphatic rings. The summed E-state index contributed by atoms with van der Waals surface area (Å²) < 4.78 is 0. The van der Waals surface area contributed by atoms with Crippen LogP contribution in [0.1, 0.15) is 40.7 Å². The van der Waals surface area contributed by atoms with E-state index < -0.39 is 0 Å². The molecular formula is C18H18O. The minimum atomic E-state index is 0.188. The average Bonchev–Trinajstić information content (AvgIpc) is 3.18. The van der Waals surface area contributed by atoms with Crippen LogP contribution >= 0.6 is 0 Å². The van der Waals surface area contributed by atoms with E-state index in [0.29, 0.717) is 6.42 Å². The second kappa shape index (κ2) is 5.00. The van der Waals surface area contributed by atoms with E-state index in [2.05, 4.69) is 31.2 Å². The Bertz CT molecular complexity index is 568. The van der Waals surface area contributed by atoms with Crippen LogP contribution in [0.3, 0.4) is 0 Å². The van der Waals surface area contributed by atoms with Gasteiger partial charge in [-0.1, -0.05) is 61.5 Å². The summed E-state index contributed by atoms with van der Waals surface area (Å²) in [5.74, 6) is 1.77. The Morgan fingerprint density at radius 3 is 2.26 bits per heavy atom. The molecule has 0 N–H and O–H groups in total. The third-order valence-corrected chi connectivity index (χ3v) is 3.98. The summed E-state index contributed by atoms with van der Waals surface area (Å²) in [6.07, 6.45) is 1.80. The normalized spacial score (nSPS) is 21.1. The Morgan fingerprint density at radius 2 is 1.68 bits per heavy atom. The molecule has 2 unspecified atom stereocenters. The first-order chi connectivity index (χ1) is 9.24. The molecular weight excluding hydrogens is 232 g/mol. The molecule has 1 nitrogen and oxygen atoms in total. The maximum atomic E-state index is 12.1. The molecule has 0 radical (unpaired) electrons. The van der Waals surface area contributed by atoms with Gasteiger partial charge in [0.15, 0.2) is 5.78 Å². The lowest BCUT2D eigenvalue weighted by atomic mass is 10.0. The van der Waals surface area contributed by atoms with Crippen LogP contribution in [0.2, 0.25) is 0 Å². The lowest BCUT2D eigenvalue weighted by molar-refractivity contribution is 0.0993. The Kier molecular flexibility index (Phi) is 3.20. The van der Waals surface area contributed by atoms with Crippen molar-refractivity contribution in [3.05, 3.63) is 71.3 Å². The van der Waals surface area contributed by atoms with Crippen molar-refractivity contribution < 1.29 is 4.79 Å². The summed E-state index contributed by atoms with van der Waals surface area (Å²) >= 11 is 0. The summed E-state index contributed by atoms with van der Waals surface area (Å²) in [5, 5.41) is 0. The monoisotopic (exact) mass is 250 g/mol. The van der Waals surface area contributed by atoms with E-state index in [0.717, 1.165) is 23.0 Å². The quantitative estimate of drug-likeness (QED) is 0.742. The van der Waals surface area contributed by atoms with Crippen molar-refractivity contribution in [2.24, 2.45) is 5.92 Å². The maximum absolute atomic E-state index is 12.1. The van der Waals surface area contributed by atoms with Gasteiger partial charge >= 0.3 is 0 Å². The number of hydrogen-bond acceptors (Lipinski definition) is 1. The van der Waals surface area contributed by atoms with Crippen molar-refractivity contribution in [1.82, 2.24) is 0 Å². The highest BCUT2D eigenvalue weighted by atomic mass is 16.1. The molecule has 2 atom stereocenters. The van der Waals surface area contributed by atoms with Crippen molar-refractivity contribution in [2.75, 3.05) is 0 Å². The predicted octanol–water partition coefficient (Wildman–Crippen LogP) is 4.24. The van der Waals surface area contributed by atoms with E-state index in [1.807, 2.05) is 30.3 Å². The minimum absolute atomic E-state index is 0.188. The lowest BCUT2D eigenvalue weighted by Gasteiger charge is -2.03. The van der Waals surface area contributed by atoms with Gasteiger partial charge in [0.25, 0.3) is 0 Å². The molecule has 1 heteroatoms. The second-order valence-electron chi connectivity index (χ2n) is 5.53.